The standard InChI is InChI=1S/C9H20N2O2/c1-8(9(12)13)7-11(4)6-5-10(2)3/h8H,5-7H2,1-4H3,(H,12,13). The predicted octanol–water partition coefficient (Wildman–Crippen LogP) is 0.201. The van der Waals surface area contributed by atoms with Crippen molar-refractivity contribution >= 4 is 5.97 Å². The maximum absolute atomic E-state index is 10.5. The molecule has 0 aromatic heterocycles. The monoisotopic (exact) mass is 188 g/mol. The molecule has 0 amide bonds. The summed E-state index contributed by atoms with van der Waals surface area (Å²) in [5.74, 6) is -1.01. The molecule has 0 heterocycles. The van der Waals surface area contributed by atoms with E-state index in [4.69, 9.17) is 5.11 Å². The molecule has 0 aliphatic carbocycles. The Labute approximate surface area is 80.1 Å². The molecular formula is C9H20N2O2. The van der Waals surface area contributed by atoms with E-state index in [1.165, 1.54) is 0 Å². The third-order valence-electron chi connectivity index (χ3n) is 1.94. The zero-order valence-corrected chi connectivity index (χ0v) is 8.95. The van der Waals surface area contributed by atoms with Crippen LogP contribution in [0.15, 0.2) is 0 Å². The van der Waals surface area contributed by atoms with Gasteiger partial charge in [-0.25, -0.2) is 0 Å². The van der Waals surface area contributed by atoms with Crippen LogP contribution in [0.5, 0.6) is 0 Å². The van der Waals surface area contributed by atoms with Gasteiger partial charge in [0, 0.05) is 19.6 Å². The van der Waals surface area contributed by atoms with Crippen LogP contribution < -0.4 is 0 Å². The molecule has 0 saturated carbocycles. The number of hydrogen-bond acceptors (Lipinski definition) is 3. The average molecular weight is 188 g/mol. The minimum absolute atomic E-state index is 0.285. The van der Waals surface area contributed by atoms with Crippen molar-refractivity contribution in [1.82, 2.24) is 9.80 Å². The molecule has 0 fully saturated rings. The number of carboxylic acids is 1. The van der Waals surface area contributed by atoms with E-state index in [2.05, 4.69) is 4.90 Å². The molecule has 1 N–H and O–H groups in total. The fourth-order valence-corrected chi connectivity index (χ4v) is 1.01. The van der Waals surface area contributed by atoms with Gasteiger partial charge in [-0.05, 0) is 21.1 Å². The first-order valence-corrected chi connectivity index (χ1v) is 4.49. The lowest BCUT2D eigenvalue weighted by atomic mass is 10.2. The summed E-state index contributed by atoms with van der Waals surface area (Å²) in [5.41, 5.74) is 0. The number of aliphatic carboxylic acids is 1. The second-order valence-electron chi connectivity index (χ2n) is 3.80. The van der Waals surface area contributed by atoms with E-state index >= 15 is 0 Å². The number of likely N-dealkylation sites (N-methyl/N-ethyl adjacent to an activating group) is 2. The van der Waals surface area contributed by atoms with Crippen molar-refractivity contribution in [2.24, 2.45) is 5.92 Å². The minimum atomic E-state index is -0.725. The highest BCUT2D eigenvalue weighted by Crippen LogP contribution is 1.97. The number of nitrogens with zero attached hydrogens (tertiary/aromatic N) is 2. The van der Waals surface area contributed by atoms with Gasteiger partial charge in [-0.3, -0.25) is 4.79 Å². The smallest absolute Gasteiger partial charge is 0.307 e. The van der Waals surface area contributed by atoms with Crippen molar-refractivity contribution in [2.45, 2.75) is 6.92 Å². The summed E-state index contributed by atoms with van der Waals surface area (Å²) < 4.78 is 0. The summed E-state index contributed by atoms with van der Waals surface area (Å²) in [6.45, 7) is 4.21. The lowest BCUT2D eigenvalue weighted by Gasteiger charge is -2.20. The first-order valence-electron chi connectivity index (χ1n) is 4.49. The Kier molecular flexibility index (Phi) is 5.66. The normalized spacial score (nSPS) is 13.7. The SMILES string of the molecule is CC(CN(C)CCN(C)C)C(=O)O. The van der Waals surface area contributed by atoms with Gasteiger partial charge in [-0.15, -0.1) is 0 Å². The maximum Gasteiger partial charge on any atom is 0.307 e. The van der Waals surface area contributed by atoms with Crippen molar-refractivity contribution in [3.8, 4) is 0 Å². The number of carbonyl (C=O) groups is 1. The Morgan fingerprint density at radius 3 is 2.23 bits per heavy atom. The molecule has 4 heteroatoms. The summed E-state index contributed by atoms with van der Waals surface area (Å²) in [6.07, 6.45) is 0. The third kappa shape index (κ3) is 6.54. The third-order valence-corrected chi connectivity index (χ3v) is 1.94. The Morgan fingerprint density at radius 1 is 1.31 bits per heavy atom. The molecule has 1 atom stereocenters. The van der Waals surface area contributed by atoms with E-state index in [1.807, 2.05) is 26.0 Å². The summed E-state index contributed by atoms with van der Waals surface area (Å²) in [7, 11) is 5.96. The van der Waals surface area contributed by atoms with E-state index in [9.17, 15) is 4.79 Å². The van der Waals surface area contributed by atoms with Crippen LogP contribution in [0.25, 0.3) is 0 Å². The molecule has 0 aliphatic heterocycles. The van der Waals surface area contributed by atoms with Gasteiger partial charge in [0.15, 0.2) is 0 Å². The summed E-state index contributed by atoms with van der Waals surface area (Å²) in [5, 5.41) is 8.67. The van der Waals surface area contributed by atoms with Gasteiger partial charge in [0.1, 0.15) is 0 Å². The van der Waals surface area contributed by atoms with Crippen LogP contribution in [0.2, 0.25) is 0 Å². The molecule has 78 valence electrons. The van der Waals surface area contributed by atoms with Gasteiger partial charge in [0.2, 0.25) is 0 Å². The van der Waals surface area contributed by atoms with Crippen LogP contribution >= 0.6 is 0 Å². The van der Waals surface area contributed by atoms with Crippen LogP contribution in [-0.4, -0.2) is 61.7 Å². The quantitative estimate of drug-likeness (QED) is 0.646. The molecular weight excluding hydrogens is 168 g/mol. The van der Waals surface area contributed by atoms with Gasteiger partial charge in [-0.1, -0.05) is 6.92 Å². The van der Waals surface area contributed by atoms with Crippen LogP contribution in [0, 0.1) is 5.92 Å². The van der Waals surface area contributed by atoms with Crippen LogP contribution in [-0.2, 0) is 4.79 Å². The van der Waals surface area contributed by atoms with Gasteiger partial charge in [0.25, 0.3) is 0 Å². The van der Waals surface area contributed by atoms with Gasteiger partial charge in [-0.2, -0.15) is 0 Å². The van der Waals surface area contributed by atoms with E-state index in [0.29, 0.717) is 6.54 Å². The lowest BCUT2D eigenvalue weighted by molar-refractivity contribution is -0.141. The van der Waals surface area contributed by atoms with Gasteiger partial charge in [0.05, 0.1) is 5.92 Å². The lowest BCUT2D eigenvalue weighted by Crippen LogP contribution is -2.33. The maximum atomic E-state index is 10.5. The van der Waals surface area contributed by atoms with Crippen molar-refractivity contribution in [3.05, 3.63) is 0 Å². The number of rotatable bonds is 6. The Hall–Kier alpha value is -0.610. The van der Waals surface area contributed by atoms with E-state index < -0.39 is 5.97 Å². The summed E-state index contributed by atoms with van der Waals surface area (Å²) in [6, 6.07) is 0. The molecule has 0 spiro atoms. The van der Waals surface area contributed by atoms with Crippen molar-refractivity contribution < 1.29 is 9.90 Å². The van der Waals surface area contributed by atoms with E-state index in [-0.39, 0.29) is 5.92 Å². The highest BCUT2D eigenvalue weighted by molar-refractivity contribution is 5.69. The predicted molar refractivity (Wildman–Crippen MR) is 52.9 cm³/mol. The Morgan fingerprint density at radius 2 is 1.85 bits per heavy atom. The first-order chi connectivity index (χ1) is 5.93. The van der Waals surface area contributed by atoms with Gasteiger partial charge >= 0.3 is 5.97 Å². The molecule has 4 nitrogen and oxygen atoms in total. The Bertz CT molecular complexity index is 160. The highest BCUT2D eigenvalue weighted by Gasteiger charge is 2.12. The highest BCUT2D eigenvalue weighted by atomic mass is 16.4. The van der Waals surface area contributed by atoms with Crippen LogP contribution in [0.4, 0.5) is 0 Å². The minimum Gasteiger partial charge on any atom is -0.481 e. The van der Waals surface area contributed by atoms with E-state index in [1.54, 1.807) is 6.92 Å². The first kappa shape index (κ1) is 12.4. The molecule has 0 aliphatic rings. The molecule has 0 saturated heterocycles. The Balaban J connectivity index is 3.61. The molecule has 0 bridgehead atoms. The van der Waals surface area contributed by atoms with E-state index in [0.717, 1.165) is 13.1 Å². The van der Waals surface area contributed by atoms with Crippen molar-refractivity contribution in [3.63, 3.8) is 0 Å². The zero-order valence-electron chi connectivity index (χ0n) is 8.95. The number of hydrogen-bond donors (Lipinski definition) is 1. The molecule has 13 heavy (non-hydrogen) atoms. The largest absolute Gasteiger partial charge is 0.481 e. The zero-order chi connectivity index (χ0) is 10.4. The summed E-state index contributed by atoms with van der Waals surface area (Å²) >= 11 is 0. The fourth-order valence-electron chi connectivity index (χ4n) is 1.01. The molecule has 0 radical (unpaired) electrons. The average Bonchev–Trinajstić information content (AvgIpc) is 2.00. The molecule has 0 aromatic carbocycles. The second-order valence-corrected chi connectivity index (χ2v) is 3.80. The second kappa shape index (κ2) is 5.94. The molecule has 1 unspecified atom stereocenters. The van der Waals surface area contributed by atoms with Crippen molar-refractivity contribution in [2.75, 3.05) is 40.8 Å². The molecule has 0 aromatic rings. The van der Waals surface area contributed by atoms with Crippen LogP contribution in [0.1, 0.15) is 6.92 Å². The topological polar surface area (TPSA) is 43.8 Å². The number of carboxylic acid groups (broad SMARTS) is 1. The molecule has 0 rings (SSSR count). The van der Waals surface area contributed by atoms with Gasteiger partial charge < -0.3 is 14.9 Å². The van der Waals surface area contributed by atoms with Crippen LogP contribution in [0.3, 0.4) is 0 Å². The summed E-state index contributed by atoms with van der Waals surface area (Å²) in [4.78, 5) is 14.7. The fraction of sp³-hybridized carbons (Fsp3) is 0.889. The van der Waals surface area contributed by atoms with Crippen molar-refractivity contribution in [1.29, 1.82) is 0 Å².